The van der Waals surface area contributed by atoms with E-state index in [0.717, 1.165) is 17.1 Å². The number of carbonyl (C=O) groups is 1. The van der Waals surface area contributed by atoms with Gasteiger partial charge in [0.05, 0.1) is 11.3 Å². The SMILES string of the molecule is Cc1ccc(Nc2nc3c(c(Nc4ccc(Cl)cc4)n2)C(=O)CC(C)(C)C3)cc1C. The molecule has 1 heterocycles. The standard InChI is InChI=1S/C24H25ClN4O/c1-14-5-8-18(11-15(14)2)27-23-28-19-12-24(3,4)13-20(30)21(19)22(29-23)26-17-9-6-16(25)7-10-17/h5-11H,12-13H2,1-4H3,(H2,26,27,28,29). The molecule has 0 atom stereocenters. The maximum absolute atomic E-state index is 13.0. The van der Waals surface area contributed by atoms with Crippen LogP contribution in [0.4, 0.5) is 23.1 Å². The maximum atomic E-state index is 13.0. The van der Waals surface area contributed by atoms with Crippen LogP contribution in [-0.2, 0) is 6.42 Å². The highest BCUT2D eigenvalue weighted by atomic mass is 35.5. The van der Waals surface area contributed by atoms with Crippen molar-refractivity contribution in [3.8, 4) is 0 Å². The number of Topliss-reactive ketones (excluding diaryl/α,β-unsaturated/α-hetero) is 1. The molecule has 0 spiro atoms. The first kappa shape index (κ1) is 20.4. The Morgan fingerprint density at radius 1 is 0.900 bits per heavy atom. The van der Waals surface area contributed by atoms with Gasteiger partial charge in [-0.2, -0.15) is 4.98 Å². The molecule has 0 fully saturated rings. The van der Waals surface area contributed by atoms with Crippen LogP contribution in [0.15, 0.2) is 42.5 Å². The number of aryl methyl sites for hydroxylation is 2. The summed E-state index contributed by atoms with van der Waals surface area (Å²) in [6.07, 6.45) is 1.19. The van der Waals surface area contributed by atoms with Crippen LogP contribution in [-0.4, -0.2) is 15.8 Å². The summed E-state index contributed by atoms with van der Waals surface area (Å²) in [7, 11) is 0. The van der Waals surface area contributed by atoms with Gasteiger partial charge in [-0.05, 0) is 73.2 Å². The van der Waals surface area contributed by atoms with Crippen molar-refractivity contribution in [3.63, 3.8) is 0 Å². The van der Waals surface area contributed by atoms with Crippen molar-refractivity contribution in [2.45, 2.75) is 40.5 Å². The first-order chi connectivity index (χ1) is 14.2. The van der Waals surface area contributed by atoms with Crippen LogP contribution < -0.4 is 10.6 Å². The summed E-state index contributed by atoms with van der Waals surface area (Å²) in [6, 6.07) is 13.5. The Balaban J connectivity index is 1.76. The van der Waals surface area contributed by atoms with E-state index in [0.29, 0.717) is 35.2 Å². The number of benzene rings is 2. The lowest BCUT2D eigenvalue weighted by Crippen LogP contribution is -2.29. The highest BCUT2D eigenvalue weighted by molar-refractivity contribution is 6.30. The molecule has 0 amide bonds. The number of ketones is 1. The van der Waals surface area contributed by atoms with Gasteiger partial charge in [0.2, 0.25) is 5.95 Å². The zero-order valence-corrected chi connectivity index (χ0v) is 18.4. The van der Waals surface area contributed by atoms with E-state index in [1.54, 1.807) is 12.1 Å². The fourth-order valence-electron chi connectivity index (χ4n) is 3.73. The van der Waals surface area contributed by atoms with Gasteiger partial charge in [0, 0.05) is 22.8 Å². The smallest absolute Gasteiger partial charge is 0.229 e. The Morgan fingerprint density at radius 2 is 1.60 bits per heavy atom. The molecule has 1 aliphatic carbocycles. The van der Waals surface area contributed by atoms with Crippen molar-refractivity contribution in [2.24, 2.45) is 5.41 Å². The third kappa shape index (κ3) is 4.31. The van der Waals surface area contributed by atoms with Crippen LogP contribution in [0.25, 0.3) is 0 Å². The van der Waals surface area contributed by atoms with Crippen LogP contribution in [0.1, 0.15) is 47.4 Å². The van der Waals surface area contributed by atoms with Crippen LogP contribution in [0.5, 0.6) is 0 Å². The normalized spacial score (nSPS) is 14.9. The van der Waals surface area contributed by atoms with Crippen LogP contribution in [0.2, 0.25) is 5.02 Å². The van der Waals surface area contributed by atoms with E-state index >= 15 is 0 Å². The number of nitrogens with one attached hydrogen (secondary N) is 2. The minimum atomic E-state index is -0.131. The molecule has 1 aliphatic rings. The van der Waals surface area contributed by atoms with Crippen molar-refractivity contribution in [1.82, 2.24) is 9.97 Å². The van der Waals surface area contributed by atoms with Gasteiger partial charge in [0.25, 0.3) is 0 Å². The third-order valence-corrected chi connectivity index (χ3v) is 5.67. The quantitative estimate of drug-likeness (QED) is 0.511. The van der Waals surface area contributed by atoms with Crippen molar-refractivity contribution >= 4 is 40.5 Å². The molecule has 1 aromatic heterocycles. The van der Waals surface area contributed by atoms with Crippen molar-refractivity contribution < 1.29 is 4.79 Å². The van der Waals surface area contributed by atoms with Crippen molar-refractivity contribution in [2.75, 3.05) is 10.6 Å². The fourth-order valence-corrected chi connectivity index (χ4v) is 3.86. The number of hydrogen-bond acceptors (Lipinski definition) is 5. The summed E-state index contributed by atoms with van der Waals surface area (Å²) in [4.78, 5) is 22.3. The molecule has 6 heteroatoms. The van der Waals surface area contributed by atoms with Gasteiger partial charge in [0.1, 0.15) is 5.82 Å². The van der Waals surface area contributed by atoms with E-state index in [1.807, 2.05) is 18.2 Å². The second kappa shape index (κ2) is 7.73. The fraction of sp³-hybridized carbons (Fsp3) is 0.292. The van der Waals surface area contributed by atoms with Crippen LogP contribution >= 0.6 is 11.6 Å². The molecular formula is C24H25ClN4O. The molecule has 0 saturated carbocycles. The molecule has 5 nitrogen and oxygen atoms in total. The average molecular weight is 421 g/mol. The molecule has 2 N–H and O–H groups in total. The van der Waals surface area contributed by atoms with Gasteiger partial charge in [-0.1, -0.05) is 31.5 Å². The predicted octanol–water partition coefficient (Wildman–Crippen LogP) is 6.39. The van der Waals surface area contributed by atoms with E-state index in [1.165, 1.54) is 11.1 Å². The van der Waals surface area contributed by atoms with Gasteiger partial charge in [-0.25, -0.2) is 4.98 Å². The molecule has 0 unspecified atom stereocenters. The highest BCUT2D eigenvalue weighted by Crippen LogP contribution is 2.38. The maximum Gasteiger partial charge on any atom is 0.229 e. The predicted molar refractivity (Wildman–Crippen MR) is 122 cm³/mol. The molecule has 0 saturated heterocycles. The highest BCUT2D eigenvalue weighted by Gasteiger charge is 2.35. The topological polar surface area (TPSA) is 66.9 Å². The number of nitrogens with zero attached hydrogens (tertiary/aromatic N) is 2. The summed E-state index contributed by atoms with van der Waals surface area (Å²) in [5, 5.41) is 7.25. The number of aromatic nitrogens is 2. The second-order valence-electron chi connectivity index (χ2n) is 8.71. The average Bonchev–Trinajstić information content (AvgIpc) is 2.65. The van der Waals surface area contributed by atoms with Gasteiger partial charge >= 0.3 is 0 Å². The summed E-state index contributed by atoms with van der Waals surface area (Å²) >= 11 is 6.01. The Bertz CT molecular complexity index is 1120. The molecule has 30 heavy (non-hydrogen) atoms. The number of halogens is 1. The van der Waals surface area contributed by atoms with E-state index < -0.39 is 0 Å². The molecule has 0 aliphatic heterocycles. The minimum absolute atomic E-state index is 0.0652. The monoisotopic (exact) mass is 420 g/mol. The first-order valence-electron chi connectivity index (χ1n) is 10.0. The Kier molecular flexibility index (Phi) is 5.24. The lowest BCUT2D eigenvalue weighted by Gasteiger charge is -2.30. The number of rotatable bonds is 4. The molecule has 4 rings (SSSR count). The lowest BCUT2D eigenvalue weighted by molar-refractivity contribution is 0.0911. The zero-order valence-electron chi connectivity index (χ0n) is 17.6. The third-order valence-electron chi connectivity index (χ3n) is 5.42. The molecule has 0 bridgehead atoms. The van der Waals surface area contributed by atoms with E-state index in [2.05, 4.69) is 55.4 Å². The summed E-state index contributed by atoms with van der Waals surface area (Å²) in [5.74, 6) is 1.06. The number of carbonyl (C=O) groups excluding carboxylic acids is 1. The number of fused-ring (bicyclic) bond motifs is 1. The van der Waals surface area contributed by atoms with Crippen LogP contribution in [0.3, 0.4) is 0 Å². The van der Waals surface area contributed by atoms with Crippen LogP contribution in [0, 0.1) is 19.3 Å². The summed E-state index contributed by atoms with van der Waals surface area (Å²) in [6.45, 7) is 8.34. The van der Waals surface area contributed by atoms with Crippen molar-refractivity contribution in [3.05, 3.63) is 69.9 Å². The minimum Gasteiger partial charge on any atom is -0.339 e. The van der Waals surface area contributed by atoms with Gasteiger partial charge in [0.15, 0.2) is 5.78 Å². The van der Waals surface area contributed by atoms with Gasteiger partial charge < -0.3 is 10.6 Å². The van der Waals surface area contributed by atoms with E-state index in [9.17, 15) is 4.79 Å². The Hall–Kier alpha value is -2.92. The summed E-state index contributed by atoms with van der Waals surface area (Å²) < 4.78 is 0. The Labute approximate surface area is 181 Å². The number of anilines is 4. The Morgan fingerprint density at radius 3 is 2.30 bits per heavy atom. The molecule has 154 valence electrons. The van der Waals surface area contributed by atoms with Gasteiger partial charge in [-0.15, -0.1) is 0 Å². The number of hydrogen-bond donors (Lipinski definition) is 2. The molecule has 3 aromatic rings. The van der Waals surface area contributed by atoms with Crippen molar-refractivity contribution in [1.29, 1.82) is 0 Å². The zero-order chi connectivity index (χ0) is 21.5. The first-order valence-corrected chi connectivity index (χ1v) is 10.4. The lowest BCUT2D eigenvalue weighted by atomic mass is 9.75. The molecule has 0 radical (unpaired) electrons. The van der Waals surface area contributed by atoms with E-state index in [-0.39, 0.29) is 11.2 Å². The van der Waals surface area contributed by atoms with E-state index in [4.69, 9.17) is 16.6 Å². The summed E-state index contributed by atoms with van der Waals surface area (Å²) in [5.41, 5.74) is 5.36. The molecule has 2 aromatic carbocycles. The largest absolute Gasteiger partial charge is 0.339 e. The molecular weight excluding hydrogens is 396 g/mol. The second-order valence-corrected chi connectivity index (χ2v) is 9.15. The van der Waals surface area contributed by atoms with Gasteiger partial charge in [-0.3, -0.25) is 4.79 Å².